The van der Waals surface area contributed by atoms with Crippen molar-refractivity contribution in [3.05, 3.63) is 0 Å². The SMILES string of the molecule is COCCCCCC=N.Cl.Cl. The molecule has 1 N–H and O–H groups in total. The summed E-state index contributed by atoms with van der Waals surface area (Å²) >= 11 is 0. The molecule has 0 aromatic carbocycles. The second kappa shape index (κ2) is 16.7. The molecule has 70 valence electrons. The summed E-state index contributed by atoms with van der Waals surface area (Å²) in [6.45, 7) is 0.859. The minimum atomic E-state index is 0. The molecule has 0 spiro atoms. The van der Waals surface area contributed by atoms with Crippen molar-refractivity contribution in [3.63, 3.8) is 0 Å². The highest BCUT2D eigenvalue weighted by Gasteiger charge is 1.85. The maximum atomic E-state index is 6.73. The fourth-order valence-corrected chi connectivity index (χ4v) is 0.670. The highest BCUT2D eigenvalue weighted by atomic mass is 35.5. The van der Waals surface area contributed by atoms with Crippen LogP contribution in [0.25, 0.3) is 0 Å². The molecule has 0 bridgehead atoms. The lowest BCUT2D eigenvalue weighted by atomic mass is 10.2. The van der Waals surface area contributed by atoms with Gasteiger partial charge in [-0.25, -0.2) is 0 Å². The van der Waals surface area contributed by atoms with Crippen molar-refractivity contribution >= 4 is 31.0 Å². The summed E-state index contributed by atoms with van der Waals surface area (Å²) in [5.74, 6) is 0. The largest absolute Gasteiger partial charge is 0.385 e. The summed E-state index contributed by atoms with van der Waals surface area (Å²) in [7, 11) is 1.72. The summed E-state index contributed by atoms with van der Waals surface area (Å²) in [6.07, 6.45) is 5.83. The Morgan fingerprint density at radius 2 is 1.82 bits per heavy atom. The first-order valence-electron chi connectivity index (χ1n) is 3.39. The zero-order chi connectivity index (χ0) is 6.95. The molecule has 0 unspecified atom stereocenters. The van der Waals surface area contributed by atoms with Crippen molar-refractivity contribution in [2.45, 2.75) is 25.7 Å². The Balaban J connectivity index is -0.000000320. The molecule has 0 saturated carbocycles. The van der Waals surface area contributed by atoms with Gasteiger partial charge in [-0.05, 0) is 25.5 Å². The van der Waals surface area contributed by atoms with Gasteiger partial charge in [-0.1, -0.05) is 6.42 Å². The first kappa shape index (κ1) is 17.3. The third-order valence-corrected chi connectivity index (χ3v) is 1.20. The molecule has 0 heterocycles. The summed E-state index contributed by atoms with van der Waals surface area (Å²) in [6, 6.07) is 0. The van der Waals surface area contributed by atoms with Gasteiger partial charge in [0.05, 0.1) is 0 Å². The lowest BCUT2D eigenvalue weighted by Gasteiger charge is -1.95. The van der Waals surface area contributed by atoms with E-state index in [1.807, 2.05) is 0 Å². The van der Waals surface area contributed by atoms with Crippen molar-refractivity contribution in [1.29, 1.82) is 5.41 Å². The molecule has 0 aromatic rings. The van der Waals surface area contributed by atoms with Crippen LogP contribution in [0.1, 0.15) is 25.7 Å². The van der Waals surface area contributed by atoms with E-state index in [4.69, 9.17) is 10.1 Å². The van der Waals surface area contributed by atoms with Crippen LogP contribution in [0.15, 0.2) is 0 Å². The van der Waals surface area contributed by atoms with Crippen molar-refractivity contribution < 1.29 is 4.74 Å². The summed E-state index contributed by atoms with van der Waals surface area (Å²) < 4.78 is 4.86. The van der Waals surface area contributed by atoms with Gasteiger partial charge in [0, 0.05) is 13.7 Å². The topological polar surface area (TPSA) is 33.1 Å². The van der Waals surface area contributed by atoms with Crippen molar-refractivity contribution in [3.8, 4) is 0 Å². The predicted molar refractivity (Wildman–Crippen MR) is 53.6 cm³/mol. The fraction of sp³-hybridized carbons (Fsp3) is 0.857. The van der Waals surface area contributed by atoms with Crippen LogP contribution < -0.4 is 0 Å². The Bertz CT molecular complexity index is 71.5. The molecule has 0 rings (SSSR count). The van der Waals surface area contributed by atoms with Gasteiger partial charge in [-0.3, -0.25) is 0 Å². The van der Waals surface area contributed by atoms with Gasteiger partial charge in [0.2, 0.25) is 0 Å². The minimum Gasteiger partial charge on any atom is -0.385 e. The van der Waals surface area contributed by atoms with Crippen molar-refractivity contribution in [2.75, 3.05) is 13.7 Å². The van der Waals surface area contributed by atoms with Gasteiger partial charge in [0.25, 0.3) is 0 Å². The second-order valence-electron chi connectivity index (χ2n) is 2.05. The van der Waals surface area contributed by atoms with Crippen LogP contribution in [0.4, 0.5) is 0 Å². The Kier molecular flexibility index (Phi) is 26.3. The van der Waals surface area contributed by atoms with Crippen molar-refractivity contribution in [2.24, 2.45) is 0 Å². The third kappa shape index (κ3) is 17.8. The molecule has 11 heavy (non-hydrogen) atoms. The first-order chi connectivity index (χ1) is 4.41. The van der Waals surface area contributed by atoms with Crippen LogP contribution >= 0.6 is 24.8 Å². The molecule has 0 aliphatic heterocycles. The standard InChI is InChI=1S/C7H15NO.2ClH/c1-9-7-5-3-2-4-6-8;;/h6,8H,2-5,7H2,1H3;2*1H. The van der Waals surface area contributed by atoms with E-state index < -0.39 is 0 Å². The van der Waals surface area contributed by atoms with Gasteiger partial charge in [0.1, 0.15) is 0 Å². The number of hydrogen-bond acceptors (Lipinski definition) is 2. The van der Waals surface area contributed by atoms with E-state index in [-0.39, 0.29) is 24.8 Å². The number of nitrogens with one attached hydrogen (secondary N) is 1. The fourth-order valence-electron chi connectivity index (χ4n) is 0.670. The maximum absolute atomic E-state index is 6.73. The van der Waals surface area contributed by atoms with E-state index in [1.54, 1.807) is 7.11 Å². The Labute approximate surface area is 81.0 Å². The van der Waals surface area contributed by atoms with Gasteiger partial charge in [-0.15, -0.1) is 24.8 Å². The van der Waals surface area contributed by atoms with Gasteiger partial charge >= 0.3 is 0 Å². The lowest BCUT2D eigenvalue weighted by Crippen LogP contribution is -1.87. The molecule has 0 atom stereocenters. The monoisotopic (exact) mass is 201 g/mol. The molecular weight excluding hydrogens is 185 g/mol. The van der Waals surface area contributed by atoms with Crippen LogP contribution in [0.3, 0.4) is 0 Å². The number of hydrogen-bond donors (Lipinski definition) is 1. The smallest absolute Gasteiger partial charge is 0.0462 e. The summed E-state index contributed by atoms with van der Waals surface area (Å²) in [4.78, 5) is 0. The van der Waals surface area contributed by atoms with E-state index in [9.17, 15) is 0 Å². The molecule has 0 aliphatic carbocycles. The number of unbranched alkanes of at least 4 members (excludes halogenated alkanes) is 3. The maximum Gasteiger partial charge on any atom is 0.0462 e. The van der Waals surface area contributed by atoms with E-state index in [1.165, 1.54) is 12.6 Å². The Morgan fingerprint density at radius 3 is 2.27 bits per heavy atom. The average Bonchev–Trinajstić information content (AvgIpc) is 1.89. The zero-order valence-electron chi connectivity index (χ0n) is 6.84. The number of ether oxygens (including phenoxy) is 1. The molecule has 0 fully saturated rings. The van der Waals surface area contributed by atoms with E-state index in [2.05, 4.69) is 0 Å². The van der Waals surface area contributed by atoms with Gasteiger partial charge < -0.3 is 10.1 Å². The molecule has 2 nitrogen and oxygen atoms in total. The second-order valence-corrected chi connectivity index (χ2v) is 2.05. The molecule has 0 aromatic heterocycles. The predicted octanol–water partition coefficient (Wildman–Crippen LogP) is 2.69. The normalized spacial score (nSPS) is 7.73. The van der Waals surface area contributed by atoms with Gasteiger partial charge in [-0.2, -0.15) is 0 Å². The first-order valence-corrected chi connectivity index (χ1v) is 3.39. The Hall–Kier alpha value is 0.210. The lowest BCUT2D eigenvalue weighted by molar-refractivity contribution is 0.192. The number of rotatable bonds is 6. The van der Waals surface area contributed by atoms with E-state index in [0.29, 0.717) is 0 Å². The van der Waals surface area contributed by atoms with Crippen LogP contribution in [-0.2, 0) is 4.74 Å². The number of methoxy groups -OCH3 is 1. The molecule has 0 saturated heterocycles. The minimum absolute atomic E-state index is 0. The highest BCUT2D eigenvalue weighted by molar-refractivity contribution is 5.85. The van der Waals surface area contributed by atoms with Crippen molar-refractivity contribution in [1.82, 2.24) is 0 Å². The quantitative estimate of drug-likeness (QED) is 0.521. The van der Waals surface area contributed by atoms with Crippen LogP contribution in [0.2, 0.25) is 0 Å². The van der Waals surface area contributed by atoms with E-state index in [0.717, 1.165) is 25.9 Å². The molecular formula is C7H17Cl2NO. The van der Waals surface area contributed by atoms with Crippen LogP contribution in [0.5, 0.6) is 0 Å². The molecule has 0 amide bonds. The summed E-state index contributed by atoms with van der Waals surface area (Å²) in [5, 5.41) is 6.73. The molecule has 4 heteroatoms. The van der Waals surface area contributed by atoms with Gasteiger partial charge in [0.15, 0.2) is 0 Å². The van der Waals surface area contributed by atoms with Crippen LogP contribution in [-0.4, -0.2) is 19.9 Å². The zero-order valence-corrected chi connectivity index (χ0v) is 8.47. The number of halogens is 2. The Morgan fingerprint density at radius 1 is 1.18 bits per heavy atom. The molecule has 0 radical (unpaired) electrons. The third-order valence-electron chi connectivity index (χ3n) is 1.20. The summed E-state index contributed by atoms with van der Waals surface area (Å²) in [5.41, 5.74) is 0. The van der Waals surface area contributed by atoms with Crippen LogP contribution in [0, 0.1) is 5.41 Å². The molecule has 0 aliphatic rings. The van der Waals surface area contributed by atoms with E-state index >= 15 is 0 Å². The average molecular weight is 202 g/mol. The highest BCUT2D eigenvalue weighted by Crippen LogP contribution is 1.96.